The van der Waals surface area contributed by atoms with Gasteiger partial charge in [-0.2, -0.15) is 31.6 Å². The van der Waals surface area contributed by atoms with E-state index in [1.165, 1.54) is 35.8 Å². The Bertz CT molecular complexity index is 626. The molecule has 0 saturated heterocycles. The molecule has 1 aliphatic rings. The van der Waals surface area contributed by atoms with Crippen molar-refractivity contribution in [1.29, 1.82) is 5.26 Å². The number of hydrogen-bond donors (Lipinski definition) is 2. The SMILES string of the molecule is N#CC1=C(N)N(c2ccccc2)NC1(C(F)(F)F)C(F)(F)F. The van der Waals surface area contributed by atoms with Gasteiger partial charge >= 0.3 is 12.4 Å². The summed E-state index contributed by atoms with van der Waals surface area (Å²) in [5, 5.41) is 9.21. The van der Waals surface area contributed by atoms with Crippen molar-refractivity contribution in [3.8, 4) is 6.07 Å². The van der Waals surface area contributed by atoms with Crippen LogP contribution in [0.3, 0.4) is 0 Å². The van der Waals surface area contributed by atoms with Crippen molar-refractivity contribution in [3.05, 3.63) is 41.7 Å². The molecular weight excluding hydrogens is 314 g/mol. The average molecular weight is 322 g/mol. The Balaban J connectivity index is 2.68. The molecule has 22 heavy (non-hydrogen) atoms. The minimum absolute atomic E-state index is 0.0666. The van der Waals surface area contributed by atoms with Crippen LogP contribution in [-0.4, -0.2) is 17.9 Å². The van der Waals surface area contributed by atoms with Gasteiger partial charge in [-0.1, -0.05) is 18.2 Å². The van der Waals surface area contributed by atoms with Crippen LogP contribution in [0.25, 0.3) is 0 Å². The Morgan fingerprint density at radius 3 is 1.91 bits per heavy atom. The van der Waals surface area contributed by atoms with Crippen LogP contribution in [-0.2, 0) is 0 Å². The molecule has 0 amide bonds. The molecule has 0 unspecified atom stereocenters. The van der Waals surface area contributed by atoms with E-state index in [2.05, 4.69) is 0 Å². The fourth-order valence-corrected chi connectivity index (χ4v) is 2.08. The number of alkyl halides is 6. The third-order valence-electron chi connectivity index (χ3n) is 3.13. The minimum atomic E-state index is -5.82. The number of nitriles is 1. The zero-order valence-electron chi connectivity index (χ0n) is 10.6. The zero-order valence-corrected chi connectivity index (χ0v) is 10.6. The van der Waals surface area contributed by atoms with Crippen molar-refractivity contribution >= 4 is 5.69 Å². The van der Waals surface area contributed by atoms with Crippen LogP contribution in [0.4, 0.5) is 32.0 Å². The largest absolute Gasteiger partial charge is 0.422 e. The summed E-state index contributed by atoms with van der Waals surface area (Å²) in [4.78, 5) is 0. The molecule has 0 spiro atoms. The van der Waals surface area contributed by atoms with E-state index in [9.17, 15) is 26.3 Å². The van der Waals surface area contributed by atoms with Crippen LogP contribution in [0.1, 0.15) is 0 Å². The van der Waals surface area contributed by atoms with Gasteiger partial charge in [0.2, 0.25) is 0 Å². The van der Waals surface area contributed by atoms with Crippen LogP contribution in [0.2, 0.25) is 0 Å². The highest BCUT2D eigenvalue weighted by Gasteiger charge is 2.77. The van der Waals surface area contributed by atoms with Crippen molar-refractivity contribution < 1.29 is 26.3 Å². The summed E-state index contributed by atoms with van der Waals surface area (Å²) in [5.41, 5.74) is 0.413. The lowest BCUT2D eigenvalue weighted by atomic mass is 9.90. The molecule has 0 aromatic heterocycles. The highest BCUT2D eigenvalue weighted by Crippen LogP contribution is 2.51. The van der Waals surface area contributed by atoms with E-state index in [4.69, 9.17) is 11.0 Å². The van der Waals surface area contributed by atoms with Crippen molar-refractivity contribution in [3.63, 3.8) is 0 Å². The molecule has 1 aliphatic heterocycles. The van der Waals surface area contributed by atoms with Gasteiger partial charge in [0.25, 0.3) is 5.54 Å². The van der Waals surface area contributed by atoms with E-state index >= 15 is 0 Å². The Hall–Kier alpha value is -2.41. The highest BCUT2D eigenvalue weighted by atomic mass is 19.4. The molecular formula is C12H8F6N4. The molecule has 0 bridgehead atoms. The van der Waals surface area contributed by atoms with E-state index in [0.717, 1.165) is 6.07 Å². The topological polar surface area (TPSA) is 65.1 Å². The van der Waals surface area contributed by atoms with E-state index in [1.54, 1.807) is 0 Å². The van der Waals surface area contributed by atoms with Gasteiger partial charge in [0.1, 0.15) is 17.5 Å². The lowest BCUT2D eigenvalue weighted by molar-refractivity contribution is -0.290. The maximum Gasteiger partial charge on any atom is 0.422 e. The maximum absolute atomic E-state index is 13.2. The summed E-state index contributed by atoms with van der Waals surface area (Å²) in [6.45, 7) is 0. The van der Waals surface area contributed by atoms with E-state index in [1.807, 2.05) is 0 Å². The Kier molecular flexibility index (Phi) is 3.49. The average Bonchev–Trinajstić information content (AvgIpc) is 2.73. The van der Waals surface area contributed by atoms with Gasteiger partial charge in [-0.3, -0.25) is 5.01 Å². The predicted octanol–water partition coefficient (Wildman–Crippen LogP) is 2.57. The lowest BCUT2D eigenvalue weighted by Crippen LogP contribution is -2.67. The molecule has 0 atom stereocenters. The van der Waals surface area contributed by atoms with Gasteiger partial charge in [0.15, 0.2) is 0 Å². The Morgan fingerprint density at radius 1 is 1.05 bits per heavy atom. The number of nitrogens with one attached hydrogen (secondary N) is 1. The van der Waals surface area contributed by atoms with Crippen LogP contribution < -0.4 is 16.2 Å². The molecule has 3 N–H and O–H groups in total. The van der Waals surface area contributed by atoms with Crippen molar-refractivity contribution in [1.82, 2.24) is 5.43 Å². The summed E-state index contributed by atoms with van der Waals surface area (Å²) in [6.07, 6.45) is -11.6. The number of hydrazine groups is 1. The first kappa shape index (κ1) is 16.0. The molecule has 0 aliphatic carbocycles. The van der Waals surface area contributed by atoms with Crippen molar-refractivity contribution in [2.45, 2.75) is 17.9 Å². The molecule has 0 fully saturated rings. The first-order valence-electron chi connectivity index (χ1n) is 5.73. The summed E-state index contributed by atoms with van der Waals surface area (Å²) in [6, 6.07) is 7.74. The van der Waals surface area contributed by atoms with Crippen LogP contribution in [0.15, 0.2) is 41.7 Å². The summed E-state index contributed by atoms with van der Waals surface area (Å²) in [7, 11) is 0. The number of halogens is 6. The second-order valence-electron chi connectivity index (χ2n) is 4.40. The molecule has 1 aromatic carbocycles. The van der Waals surface area contributed by atoms with E-state index in [0.29, 0.717) is 5.01 Å². The van der Waals surface area contributed by atoms with Crippen LogP contribution >= 0.6 is 0 Å². The van der Waals surface area contributed by atoms with Gasteiger partial charge in [-0.05, 0) is 12.1 Å². The quantitative estimate of drug-likeness (QED) is 0.780. The number of para-hydroxylation sites is 1. The van der Waals surface area contributed by atoms with Gasteiger partial charge in [-0.25, -0.2) is 5.43 Å². The third-order valence-corrected chi connectivity index (χ3v) is 3.13. The standard InChI is InChI=1S/C12H8F6N4/c13-11(14,15)10(12(16,17)18)8(6-19)9(20)22(21-10)7-4-2-1-3-5-7/h1-5,21H,20H2. The smallest absolute Gasteiger partial charge is 0.383 e. The van der Waals surface area contributed by atoms with Gasteiger partial charge in [-0.15, -0.1) is 0 Å². The highest BCUT2D eigenvalue weighted by molar-refractivity contribution is 5.60. The number of rotatable bonds is 1. The molecule has 2 rings (SSSR count). The molecule has 1 heterocycles. The summed E-state index contributed by atoms with van der Waals surface area (Å²) < 4.78 is 79.0. The van der Waals surface area contributed by atoms with Crippen LogP contribution in [0.5, 0.6) is 0 Å². The predicted molar refractivity (Wildman–Crippen MR) is 63.7 cm³/mol. The fourth-order valence-electron chi connectivity index (χ4n) is 2.08. The zero-order chi connectivity index (χ0) is 16.8. The first-order valence-corrected chi connectivity index (χ1v) is 5.73. The molecule has 0 saturated carbocycles. The molecule has 4 nitrogen and oxygen atoms in total. The van der Waals surface area contributed by atoms with Gasteiger partial charge < -0.3 is 5.73 Å². The number of benzene rings is 1. The van der Waals surface area contributed by atoms with Crippen LogP contribution in [0, 0.1) is 11.3 Å². The van der Waals surface area contributed by atoms with E-state index in [-0.39, 0.29) is 5.69 Å². The minimum Gasteiger partial charge on any atom is -0.383 e. The lowest BCUT2D eigenvalue weighted by Gasteiger charge is -2.35. The second-order valence-corrected chi connectivity index (χ2v) is 4.40. The Morgan fingerprint density at radius 2 is 1.55 bits per heavy atom. The fraction of sp³-hybridized carbons (Fsp3) is 0.250. The summed E-state index contributed by atoms with van der Waals surface area (Å²) >= 11 is 0. The van der Waals surface area contributed by atoms with Crippen molar-refractivity contribution in [2.75, 3.05) is 5.01 Å². The number of anilines is 1. The molecule has 1 aromatic rings. The van der Waals surface area contributed by atoms with Crippen molar-refractivity contribution in [2.24, 2.45) is 5.73 Å². The van der Waals surface area contributed by atoms with Gasteiger partial charge in [0.05, 0.1) is 5.69 Å². The van der Waals surface area contributed by atoms with Gasteiger partial charge in [0, 0.05) is 0 Å². The monoisotopic (exact) mass is 322 g/mol. The first-order chi connectivity index (χ1) is 10.1. The number of hydrogen-bond acceptors (Lipinski definition) is 4. The van der Waals surface area contributed by atoms with E-state index < -0.39 is 29.3 Å². The normalized spacial score (nSPS) is 18.5. The molecule has 10 heteroatoms. The summed E-state index contributed by atoms with van der Waals surface area (Å²) in [5.74, 6) is -0.955. The number of nitrogens with zero attached hydrogens (tertiary/aromatic N) is 2. The number of nitrogens with two attached hydrogens (primary N) is 1. The maximum atomic E-state index is 13.2. The molecule has 118 valence electrons. The molecule has 0 radical (unpaired) electrons. The Labute approximate surface area is 120 Å². The third kappa shape index (κ3) is 2.05. The second kappa shape index (κ2) is 4.81.